The minimum atomic E-state index is -0.118. The molecule has 0 fully saturated rings. The van der Waals surface area contributed by atoms with Crippen molar-refractivity contribution in [3.05, 3.63) is 45.9 Å². The Morgan fingerprint density at radius 3 is 2.55 bits per heavy atom. The monoisotopic (exact) mass is 273 g/mol. The van der Waals surface area contributed by atoms with Crippen molar-refractivity contribution in [2.75, 3.05) is 5.73 Å². The number of hydrogen-bond acceptors (Lipinski definition) is 2. The van der Waals surface area contributed by atoms with Crippen LogP contribution in [0.4, 0.5) is 5.69 Å². The average molecular weight is 273 g/mol. The fourth-order valence-corrected chi connectivity index (χ4v) is 2.64. The van der Waals surface area contributed by atoms with Crippen molar-refractivity contribution in [1.82, 2.24) is 9.36 Å². The van der Waals surface area contributed by atoms with Crippen LogP contribution < -0.4 is 11.3 Å². The molecule has 2 aromatic rings. The van der Waals surface area contributed by atoms with Gasteiger partial charge >= 0.3 is 0 Å². The van der Waals surface area contributed by atoms with Crippen molar-refractivity contribution < 1.29 is 0 Å². The van der Waals surface area contributed by atoms with Gasteiger partial charge in [-0.05, 0) is 37.0 Å². The molecule has 0 saturated carbocycles. The van der Waals surface area contributed by atoms with E-state index in [0.717, 1.165) is 29.9 Å². The highest BCUT2D eigenvalue weighted by Gasteiger charge is 2.20. The smallest absolute Gasteiger partial charge is 0.294 e. The van der Waals surface area contributed by atoms with Crippen LogP contribution in [0.15, 0.2) is 29.1 Å². The van der Waals surface area contributed by atoms with Crippen LogP contribution in [0.25, 0.3) is 5.69 Å². The molecule has 1 heterocycles. The number of hydrogen-bond donors (Lipinski definition) is 1. The summed E-state index contributed by atoms with van der Waals surface area (Å²) in [6.07, 6.45) is 0.957. The Morgan fingerprint density at radius 2 is 2.00 bits per heavy atom. The second-order valence-corrected chi connectivity index (χ2v) is 5.53. The second-order valence-electron chi connectivity index (χ2n) is 5.53. The van der Waals surface area contributed by atoms with Gasteiger partial charge in [0.2, 0.25) is 0 Å². The number of aromatic nitrogens is 2. The predicted octanol–water partition coefficient (Wildman–Crippen LogP) is 3.06. The number of aryl methyl sites for hydroxylation is 1. The molecule has 0 amide bonds. The summed E-state index contributed by atoms with van der Waals surface area (Å²) >= 11 is 0. The van der Waals surface area contributed by atoms with Crippen molar-refractivity contribution in [3.8, 4) is 5.69 Å². The van der Waals surface area contributed by atoms with E-state index in [-0.39, 0.29) is 11.5 Å². The van der Waals surface area contributed by atoms with Gasteiger partial charge in [-0.3, -0.25) is 9.48 Å². The first-order chi connectivity index (χ1) is 9.47. The highest BCUT2D eigenvalue weighted by atomic mass is 16.1. The minimum absolute atomic E-state index is 0.118. The summed E-state index contributed by atoms with van der Waals surface area (Å²) in [5.74, 6) is 0.223. The number of rotatable bonds is 4. The Labute approximate surface area is 119 Å². The van der Waals surface area contributed by atoms with Crippen LogP contribution in [0.2, 0.25) is 0 Å². The molecule has 0 bridgehead atoms. The predicted molar refractivity (Wildman–Crippen MR) is 83.6 cm³/mol. The molecule has 0 aliphatic heterocycles. The largest absolute Gasteiger partial charge is 0.393 e. The van der Waals surface area contributed by atoms with Gasteiger partial charge in [0.25, 0.3) is 5.56 Å². The van der Waals surface area contributed by atoms with Crippen LogP contribution in [0, 0.1) is 6.92 Å². The van der Waals surface area contributed by atoms with Crippen LogP contribution >= 0.6 is 0 Å². The zero-order valence-electron chi connectivity index (χ0n) is 12.7. The van der Waals surface area contributed by atoms with E-state index in [2.05, 4.69) is 20.8 Å². The summed E-state index contributed by atoms with van der Waals surface area (Å²) in [5, 5.41) is 0. The number of anilines is 1. The Hall–Kier alpha value is -1.97. The molecule has 0 aliphatic carbocycles. The molecule has 2 rings (SSSR count). The SMILES string of the molecule is CCCn1c(C(C)C)c(N)c(=O)n1-c1cccc(C)c1. The van der Waals surface area contributed by atoms with Crippen molar-refractivity contribution >= 4 is 5.69 Å². The number of nitrogen functional groups attached to an aromatic ring is 1. The van der Waals surface area contributed by atoms with E-state index in [1.54, 1.807) is 4.68 Å². The first-order valence-electron chi connectivity index (χ1n) is 7.15. The molecule has 1 aromatic carbocycles. The molecule has 0 saturated heterocycles. The zero-order valence-corrected chi connectivity index (χ0v) is 12.7. The van der Waals surface area contributed by atoms with Crippen LogP contribution in [0.3, 0.4) is 0 Å². The molecular weight excluding hydrogens is 250 g/mol. The maximum Gasteiger partial charge on any atom is 0.294 e. The van der Waals surface area contributed by atoms with Gasteiger partial charge in [-0.15, -0.1) is 0 Å². The Bertz CT molecular complexity index is 665. The average Bonchev–Trinajstić information content (AvgIpc) is 2.62. The summed E-state index contributed by atoms with van der Waals surface area (Å²) in [5.41, 5.74) is 9.24. The first-order valence-corrected chi connectivity index (χ1v) is 7.15. The Balaban J connectivity index is 2.75. The fraction of sp³-hybridized carbons (Fsp3) is 0.438. The topological polar surface area (TPSA) is 52.9 Å². The minimum Gasteiger partial charge on any atom is -0.393 e. The summed E-state index contributed by atoms with van der Waals surface area (Å²) in [6, 6.07) is 7.95. The van der Waals surface area contributed by atoms with Crippen molar-refractivity contribution in [2.45, 2.75) is 46.6 Å². The highest BCUT2D eigenvalue weighted by molar-refractivity contribution is 5.47. The zero-order chi connectivity index (χ0) is 14.9. The maximum atomic E-state index is 12.5. The van der Waals surface area contributed by atoms with E-state index >= 15 is 0 Å². The van der Waals surface area contributed by atoms with Gasteiger partial charge in [0.1, 0.15) is 5.69 Å². The van der Waals surface area contributed by atoms with E-state index in [1.165, 1.54) is 0 Å². The third kappa shape index (κ3) is 2.38. The van der Waals surface area contributed by atoms with Crippen molar-refractivity contribution in [3.63, 3.8) is 0 Å². The van der Waals surface area contributed by atoms with Gasteiger partial charge in [0, 0.05) is 6.54 Å². The van der Waals surface area contributed by atoms with Gasteiger partial charge in [0.15, 0.2) is 0 Å². The third-order valence-electron chi connectivity index (χ3n) is 3.45. The molecule has 1 aromatic heterocycles. The van der Waals surface area contributed by atoms with E-state index in [9.17, 15) is 4.79 Å². The Morgan fingerprint density at radius 1 is 1.30 bits per heavy atom. The molecule has 0 radical (unpaired) electrons. The number of benzene rings is 1. The lowest BCUT2D eigenvalue weighted by Gasteiger charge is -2.16. The summed E-state index contributed by atoms with van der Waals surface area (Å²) in [4.78, 5) is 12.5. The number of nitrogens with zero attached hydrogens (tertiary/aromatic N) is 2. The lowest BCUT2D eigenvalue weighted by Crippen LogP contribution is -2.22. The van der Waals surface area contributed by atoms with Crippen LogP contribution in [0.5, 0.6) is 0 Å². The molecule has 0 spiro atoms. The molecule has 108 valence electrons. The first kappa shape index (κ1) is 14.4. The van der Waals surface area contributed by atoms with Gasteiger partial charge < -0.3 is 5.73 Å². The third-order valence-corrected chi connectivity index (χ3v) is 3.45. The lowest BCUT2D eigenvalue weighted by atomic mass is 10.1. The molecule has 4 heteroatoms. The maximum absolute atomic E-state index is 12.5. The van der Waals surface area contributed by atoms with E-state index in [4.69, 9.17) is 5.73 Å². The normalized spacial score (nSPS) is 11.2. The van der Waals surface area contributed by atoms with Crippen LogP contribution in [-0.2, 0) is 6.54 Å². The summed E-state index contributed by atoms with van der Waals surface area (Å²) in [7, 11) is 0. The number of nitrogens with two attached hydrogens (primary N) is 1. The molecule has 4 nitrogen and oxygen atoms in total. The molecular formula is C16H23N3O. The van der Waals surface area contributed by atoms with E-state index in [0.29, 0.717) is 5.69 Å². The second kappa shape index (κ2) is 5.57. The molecule has 0 aliphatic rings. The lowest BCUT2D eigenvalue weighted by molar-refractivity contribution is 0.503. The standard InChI is InChI=1S/C16H23N3O/c1-5-9-18-15(11(2)3)14(17)16(20)19(18)13-8-6-7-12(4)10-13/h6-8,10-11H,5,9,17H2,1-4H3. The van der Waals surface area contributed by atoms with Crippen LogP contribution in [-0.4, -0.2) is 9.36 Å². The van der Waals surface area contributed by atoms with E-state index < -0.39 is 0 Å². The summed E-state index contributed by atoms with van der Waals surface area (Å²) in [6.45, 7) is 9.04. The van der Waals surface area contributed by atoms with Crippen LogP contribution in [0.1, 0.15) is 44.4 Å². The van der Waals surface area contributed by atoms with Gasteiger partial charge in [-0.1, -0.05) is 32.9 Å². The fourth-order valence-electron chi connectivity index (χ4n) is 2.64. The van der Waals surface area contributed by atoms with Crippen molar-refractivity contribution in [2.24, 2.45) is 0 Å². The van der Waals surface area contributed by atoms with E-state index in [1.807, 2.05) is 35.9 Å². The van der Waals surface area contributed by atoms with Crippen molar-refractivity contribution in [1.29, 1.82) is 0 Å². The molecule has 0 atom stereocenters. The quantitative estimate of drug-likeness (QED) is 0.930. The van der Waals surface area contributed by atoms with Gasteiger partial charge in [0.05, 0.1) is 11.4 Å². The molecule has 0 unspecified atom stereocenters. The molecule has 2 N–H and O–H groups in total. The molecule has 20 heavy (non-hydrogen) atoms. The van der Waals surface area contributed by atoms with Gasteiger partial charge in [-0.2, -0.15) is 0 Å². The Kier molecular flexibility index (Phi) is 4.02. The summed E-state index contributed by atoms with van der Waals surface area (Å²) < 4.78 is 3.73. The van der Waals surface area contributed by atoms with Gasteiger partial charge in [-0.25, -0.2) is 4.68 Å². The highest BCUT2D eigenvalue weighted by Crippen LogP contribution is 2.22.